The summed E-state index contributed by atoms with van der Waals surface area (Å²) in [5, 5.41) is 0. The Hall–Kier alpha value is -2.46. The van der Waals surface area contributed by atoms with Gasteiger partial charge in [-0.3, -0.25) is 9.78 Å². The fraction of sp³-hybridized carbons (Fsp3) is 0.548. The van der Waals surface area contributed by atoms with Gasteiger partial charge in [-0.15, -0.1) is 0 Å². The molecule has 2 rings (SSSR count). The third-order valence-corrected chi connectivity index (χ3v) is 6.00. The summed E-state index contributed by atoms with van der Waals surface area (Å²) in [6.07, 6.45) is 20.4. The maximum Gasteiger partial charge on any atom is 0.315 e. The van der Waals surface area contributed by atoms with Crippen LogP contribution in [0.1, 0.15) is 96.5 Å². The molecule has 0 aliphatic heterocycles. The predicted octanol–water partition coefficient (Wildman–Crippen LogP) is 8.49. The summed E-state index contributed by atoms with van der Waals surface area (Å²) in [5.74, 6) is 0.239. The molecule has 0 radical (unpaired) electrons. The molecule has 0 spiro atoms. The zero-order valence-electron chi connectivity index (χ0n) is 22.0. The van der Waals surface area contributed by atoms with Crippen LogP contribution in [0.4, 0.5) is 0 Å². The highest BCUT2D eigenvalue weighted by atomic mass is 16.5. The van der Waals surface area contributed by atoms with Crippen LogP contribution in [-0.2, 0) is 16.0 Å². The van der Waals surface area contributed by atoms with Crippen molar-refractivity contribution in [2.24, 2.45) is 0 Å². The molecular formula is C31H45NO3. The molecule has 0 saturated carbocycles. The van der Waals surface area contributed by atoms with Crippen molar-refractivity contribution in [1.29, 1.82) is 0 Å². The average molecular weight is 480 g/mol. The van der Waals surface area contributed by atoms with Gasteiger partial charge in [0.25, 0.3) is 0 Å². The van der Waals surface area contributed by atoms with Crippen LogP contribution < -0.4 is 4.74 Å². The second kappa shape index (κ2) is 18.8. The van der Waals surface area contributed by atoms with Gasteiger partial charge in [0.15, 0.2) is 0 Å². The van der Waals surface area contributed by atoms with Crippen molar-refractivity contribution in [3.63, 3.8) is 0 Å². The molecule has 0 fully saturated rings. The van der Waals surface area contributed by atoms with Gasteiger partial charge in [0.1, 0.15) is 5.75 Å². The first-order valence-electron chi connectivity index (χ1n) is 13.7. The smallest absolute Gasteiger partial charge is 0.315 e. The van der Waals surface area contributed by atoms with Gasteiger partial charge < -0.3 is 9.47 Å². The molecule has 0 unspecified atom stereocenters. The Morgan fingerprint density at radius 3 is 2.31 bits per heavy atom. The quantitative estimate of drug-likeness (QED) is 0.115. The van der Waals surface area contributed by atoms with Gasteiger partial charge >= 0.3 is 5.97 Å². The number of nitrogens with zero attached hydrogens (tertiary/aromatic N) is 1. The van der Waals surface area contributed by atoms with Gasteiger partial charge in [0.2, 0.25) is 0 Å². The molecule has 0 amide bonds. The molecule has 0 aliphatic carbocycles. The van der Waals surface area contributed by atoms with E-state index in [0.29, 0.717) is 12.2 Å². The maximum absolute atomic E-state index is 12.1. The SMILES string of the molecule is CCCCCCCC/C=C\CC(=O)Oc1ccc(-c2ccc(CCCCCOCCC)cc2)nc1. The fourth-order valence-electron chi connectivity index (χ4n) is 3.92. The third kappa shape index (κ3) is 13.3. The van der Waals surface area contributed by atoms with Crippen molar-refractivity contribution in [2.45, 2.75) is 97.3 Å². The first kappa shape index (κ1) is 28.8. The molecule has 0 saturated heterocycles. The van der Waals surface area contributed by atoms with Crippen LogP contribution in [0.2, 0.25) is 0 Å². The standard InChI is InChI=1S/C31H45NO3/c1-3-5-6-7-8-9-10-11-14-17-31(33)35-29-22-23-30(32-26-29)28-20-18-27(19-21-28)16-13-12-15-25-34-24-4-2/h11,14,18-23,26H,3-10,12-13,15-17,24-25H2,1-2H3/b14-11-. The Labute approximate surface area is 213 Å². The lowest BCUT2D eigenvalue weighted by Gasteiger charge is -2.06. The second-order valence-corrected chi connectivity index (χ2v) is 9.21. The van der Waals surface area contributed by atoms with Gasteiger partial charge in [-0.2, -0.15) is 0 Å². The minimum atomic E-state index is -0.250. The van der Waals surface area contributed by atoms with Crippen LogP contribution in [-0.4, -0.2) is 24.2 Å². The van der Waals surface area contributed by atoms with Crippen molar-refractivity contribution in [1.82, 2.24) is 4.98 Å². The summed E-state index contributed by atoms with van der Waals surface area (Å²) in [7, 11) is 0. The zero-order chi connectivity index (χ0) is 25.0. The Morgan fingerprint density at radius 1 is 0.800 bits per heavy atom. The molecule has 35 heavy (non-hydrogen) atoms. The number of carbonyl (C=O) groups excluding carboxylic acids is 1. The van der Waals surface area contributed by atoms with E-state index in [1.807, 2.05) is 18.2 Å². The highest BCUT2D eigenvalue weighted by molar-refractivity contribution is 5.74. The first-order chi connectivity index (χ1) is 17.2. The number of hydrogen-bond acceptors (Lipinski definition) is 4. The summed E-state index contributed by atoms with van der Waals surface area (Å²) >= 11 is 0. The zero-order valence-corrected chi connectivity index (χ0v) is 22.0. The van der Waals surface area contributed by atoms with E-state index in [1.165, 1.54) is 56.9 Å². The minimum absolute atomic E-state index is 0.250. The Morgan fingerprint density at radius 2 is 1.57 bits per heavy atom. The van der Waals surface area contributed by atoms with Crippen molar-refractivity contribution >= 4 is 5.97 Å². The topological polar surface area (TPSA) is 48.4 Å². The fourth-order valence-corrected chi connectivity index (χ4v) is 3.92. The lowest BCUT2D eigenvalue weighted by molar-refractivity contribution is -0.133. The highest BCUT2D eigenvalue weighted by Crippen LogP contribution is 2.21. The summed E-state index contributed by atoms with van der Waals surface area (Å²) in [5.41, 5.74) is 3.29. The molecule has 2 aromatic rings. The first-order valence-corrected chi connectivity index (χ1v) is 13.7. The van der Waals surface area contributed by atoms with E-state index in [4.69, 9.17) is 9.47 Å². The molecule has 1 aromatic carbocycles. The van der Waals surface area contributed by atoms with E-state index in [1.54, 1.807) is 6.20 Å². The van der Waals surface area contributed by atoms with E-state index < -0.39 is 0 Å². The van der Waals surface area contributed by atoms with Crippen molar-refractivity contribution in [3.05, 3.63) is 60.3 Å². The van der Waals surface area contributed by atoms with Crippen LogP contribution >= 0.6 is 0 Å². The van der Waals surface area contributed by atoms with Crippen LogP contribution in [0.25, 0.3) is 11.3 Å². The number of pyridine rings is 1. The second-order valence-electron chi connectivity index (χ2n) is 9.21. The number of benzene rings is 1. The minimum Gasteiger partial charge on any atom is -0.425 e. The molecule has 1 aromatic heterocycles. The van der Waals surface area contributed by atoms with E-state index in [9.17, 15) is 4.79 Å². The van der Waals surface area contributed by atoms with E-state index >= 15 is 0 Å². The molecule has 1 heterocycles. The lowest BCUT2D eigenvalue weighted by Crippen LogP contribution is -2.06. The molecule has 0 N–H and O–H groups in total. The molecule has 0 bridgehead atoms. The summed E-state index contributed by atoms with van der Waals surface area (Å²) in [6, 6.07) is 12.3. The molecule has 4 nitrogen and oxygen atoms in total. The lowest BCUT2D eigenvalue weighted by atomic mass is 10.0. The highest BCUT2D eigenvalue weighted by Gasteiger charge is 2.05. The number of ether oxygens (including phenoxy) is 2. The largest absolute Gasteiger partial charge is 0.425 e. The monoisotopic (exact) mass is 479 g/mol. The summed E-state index contributed by atoms with van der Waals surface area (Å²) in [4.78, 5) is 16.6. The predicted molar refractivity (Wildman–Crippen MR) is 146 cm³/mol. The van der Waals surface area contributed by atoms with Crippen LogP contribution in [0.3, 0.4) is 0 Å². The number of rotatable bonds is 19. The molecule has 0 aliphatic rings. The number of aromatic nitrogens is 1. The van der Waals surface area contributed by atoms with Gasteiger partial charge in [-0.25, -0.2) is 0 Å². The summed E-state index contributed by atoms with van der Waals surface area (Å²) in [6.45, 7) is 6.12. The number of allylic oxidation sites excluding steroid dienone is 1. The number of hydrogen-bond donors (Lipinski definition) is 0. The third-order valence-electron chi connectivity index (χ3n) is 6.00. The van der Waals surface area contributed by atoms with Gasteiger partial charge in [-0.05, 0) is 56.2 Å². The maximum atomic E-state index is 12.1. The molecule has 4 heteroatoms. The van der Waals surface area contributed by atoms with Gasteiger partial charge in [0.05, 0.1) is 18.3 Å². The van der Waals surface area contributed by atoms with E-state index in [-0.39, 0.29) is 5.97 Å². The number of unbranched alkanes of at least 4 members (excludes halogenated alkanes) is 8. The van der Waals surface area contributed by atoms with Gasteiger partial charge in [-0.1, -0.05) is 88.8 Å². The number of aryl methyl sites for hydroxylation is 1. The molecule has 192 valence electrons. The normalized spacial score (nSPS) is 11.3. The number of esters is 1. The van der Waals surface area contributed by atoms with E-state index in [2.05, 4.69) is 49.2 Å². The van der Waals surface area contributed by atoms with Gasteiger partial charge in [0, 0.05) is 18.8 Å². The average Bonchev–Trinajstić information content (AvgIpc) is 2.88. The molecule has 0 atom stereocenters. The Bertz CT molecular complexity index is 827. The number of carbonyl (C=O) groups is 1. The Balaban J connectivity index is 1.65. The summed E-state index contributed by atoms with van der Waals surface area (Å²) < 4.78 is 11.0. The van der Waals surface area contributed by atoms with Crippen LogP contribution in [0, 0.1) is 0 Å². The Kier molecular flexibility index (Phi) is 15.5. The van der Waals surface area contributed by atoms with Crippen LogP contribution in [0.15, 0.2) is 54.7 Å². The van der Waals surface area contributed by atoms with Crippen LogP contribution in [0.5, 0.6) is 5.75 Å². The molecular weight excluding hydrogens is 434 g/mol. The van der Waals surface area contributed by atoms with Crippen molar-refractivity contribution in [3.8, 4) is 17.0 Å². The van der Waals surface area contributed by atoms with Crippen molar-refractivity contribution in [2.75, 3.05) is 13.2 Å². The van der Waals surface area contributed by atoms with E-state index in [0.717, 1.165) is 50.2 Å². The van der Waals surface area contributed by atoms with Crippen molar-refractivity contribution < 1.29 is 14.3 Å².